The molecule has 6 aliphatic heterocycles. The Morgan fingerprint density at radius 1 is 0.500 bits per heavy atom. The number of amides is 2. The Morgan fingerprint density at radius 3 is 1.17 bits per heavy atom. The van der Waals surface area contributed by atoms with Gasteiger partial charge >= 0.3 is 12.2 Å². The Morgan fingerprint density at radius 2 is 0.833 bits per heavy atom. The molecule has 0 saturated carbocycles. The molecule has 22 nitrogen and oxygen atoms in total. The summed E-state index contributed by atoms with van der Waals surface area (Å²) in [4.78, 5) is 66.2. The summed E-state index contributed by atoms with van der Waals surface area (Å²) in [5.41, 5.74) is 1.63. The van der Waals surface area contributed by atoms with Gasteiger partial charge in [-0.1, -0.05) is 34.8 Å². The molecule has 446 valence electrons. The fraction of sp³-hybridized carbons (Fsp3) is 0.508. The molecule has 2 amide bonds. The van der Waals surface area contributed by atoms with Gasteiger partial charge in [-0.15, -0.1) is 0 Å². The Labute approximate surface area is 503 Å². The monoisotopic (exact) mass is 1210 g/mol. The quantitative estimate of drug-likeness (QED) is 0.106. The van der Waals surface area contributed by atoms with Gasteiger partial charge in [0.2, 0.25) is 35.3 Å². The molecule has 84 heavy (non-hydrogen) atoms. The minimum Gasteiger partial charge on any atom is -0.474 e. The van der Waals surface area contributed by atoms with Crippen LogP contribution in [0.5, 0.6) is 52.5 Å². The number of pyridine rings is 3. The van der Waals surface area contributed by atoms with Gasteiger partial charge in [0.15, 0.2) is 32.7 Å². The van der Waals surface area contributed by atoms with Gasteiger partial charge < -0.3 is 53.0 Å². The highest BCUT2D eigenvalue weighted by atomic mass is 35.5. The van der Waals surface area contributed by atoms with E-state index in [1.54, 1.807) is 55.0 Å². The third-order valence-corrected chi connectivity index (χ3v) is 16.3. The largest absolute Gasteiger partial charge is 0.474 e. The van der Waals surface area contributed by atoms with E-state index in [1.165, 1.54) is 31.8 Å². The zero-order valence-corrected chi connectivity index (χ0v) is 50.2. The molecule has 6 fully saturated rings. The first-order valence-corrected chi connectivity index (χ1v) is 29.6. The molecule has 1 N–H and O–H groups in total. The predicted molar refractivity (Wildman–Crippen MR) is 310 cm³/mol. The molecular weight excluding hydrogens is 1140 g/mol. The van der Waals surface area contributed by atoms with Crippen LogP contribution < -0.4 is 33.7 Å². The molecule has 0 aromatic carbocycles. The van der Waals surface area contributed by atoms with Crippen LogP contribution in [0.4, 0.5) is 9.59 Å². The first-order chi connectivity index (χ1) is 40.5. The number of hydrogen-bond acceptors (Lipinski definition) is 20. The number of carbonyl (C=O) groups is 2. The lowest BCUT2D eigenvalue weighted by Crippen LogP contribution is -2.50. The van der Waals surface area contributed by atoms with Crippen LogP contribution in [-0.4, -0.2) is 134 Å². The second-order valence-electron chi connectivity index (χ2n) is 22.5. The van der Waals surface area contributed by atoms with E-state index >= 15 is 0 Å². The lowest BCUT2D eigenvalue weighted by atomic mass is 10.00. The van der Waals surface area contributed by atoms with Crippen molar-refractivity contribution in [3.8, 4) is 52.5 Å². The van der Waals surface area contributed by atoms with Crippen molar-refractivity contribution in [2.24, 2.45) is 0 Å². The van der Waals surface area contributed by atoms with E-state index in [1.807, 2.05) is 58.3 Å². The van der Waals surface area contributed by atoms with Crippen LogP contribution in [-0.2, 0) is 9.47 Å². The average molecular weight is 1210 g/mol. The molecule has 6 aliphatic rings. The first-order valence-electron chi connectivity index (χ1n) is 28.5. The van der Waals surface area contributed by atoms with Crippen molar-refractivity contribution in [3.63, 3.8) is 0 Å². The highest BCUT2D eigenvalue weighted by Crippen LogP contribution is 2.42. The summed E-state index contributed by atoms with van der Waals surface area (Å²) in [5, 5.41) is 4.43. The van der Waals surface area contributed by atoms with Gasteiger partial charge in [-0.2, -0.15) is 0 Å². The van der Waals surface area contributed by atoms with Crippen LogP contribution in [0, 0.1) is 20.8 Å². The molecule has 6 bridgehead atoms. The van der Waals surface area contributed by atoms with E-state index < -0.39 is 5.60 Å². The highest BCUT2D eigenvalue weighted by Gasteiger charge is 2.47. The number of ether oxygens (including phenoxy) is 8. The zero-order chi connectivity index (χ0) is 59.1. The standard InChI is InChI=1S/C22H27ClN4O4.C20H23ClN4O4.C17H19ClN4O2/c1-13-19(25-12-26-20(13)30-17-6-5-9-24-18(17)23)29-16-10-14-7-8-15(11-16)27(14)21(28)31-22(2,3)4;1-3-27-20(26)25-13-6-7-14(25)10-15(9-13)28-18-12(2)19(24-11-23-18)29-16-5-4-8-22-17(16)21;1-10-16(23-13-7-11-4-5-12(8-13)22-11)20-9-21-17(10)24-14-3-2-6-19-15(14)18/h5-6,9,12,14-16H,7-8,10-11H2,1-4H3;4-5,8,11,13-15H,3,6-7,9-10H2,1-2H3;2-3,6,9,11-13,22H,4-5,7-8H2,1H3. The van der Waals surface area contributed by atoms with Gasteiger partial charge in [-0.3, -0.25) is 0 Å². The molecule has 6 unspecified atom stereocenters. The summed E-state index contributed by atoms with van der Waals surface area (Å²) in [6.45, 7) is 13.5. The molecule has 0 radical (unpaired) electrons. The van der Waals surface area contributed by atoms with Crippen LogP contribution >= 0.6 is 34.8 Å². The number of piperidine rings is 3. The first kappa shape index (κ1) is 60.0. The van der Waals surface area contributed by atoms with E-state index in [2.05, 4.69) is 50.2 Å². The van der Waals surface area contributed by atoms with Gasteiger partial charge in [0, 0.05) is 80.5 Å². The van der Waals surface area contributed by atoms with Gasteiger partial charge in [-0.25, -0.2) is 54.4 Å². The zero-order valence-electron chi connectivity index (χ0n) is 48.0. The SMILES string of the molecule is CCOC(=O)N1C2CCC1CC(Oc1ncnc(Oc3cccnc3Cl)c1C)C2.Cc1c(Oc2cccnc2Cl)ncnc1OC1CC2CCC(C1)N2.Cc1c(Oc2cccnc2Cl)ncnc1OC1CC2CCC(C1)N2C(=O)OC(C)(C)C. The number of fused-ring (bicyclic) bond motifs is 6. The molecule has 12 rings (SSSR count). The Bertz CT molecular complexity index is 3240. The van der Waals surface area contributed by atoms with Crippen molar-refractivity contribution >= 4 is 47.0 Å². The number of carbonyl (C=O) groups excluding carboxylic acids is 2. The van der Waals surface area contributed by atoms with Crippen LogP contribution in [0.3, 0.4) is 0 Å². The van der Waals surface area contributed by atoms with E-state index in [0.29, 0.717) is 87.5 Å². The number of nitrogens with one attached hydrogen (secondary N) is 1. The lowest BCUT2D eigenvalue weighted by Gasteiger charge is -2.39. The number of rotatable bonds is 13. The van der Waals surface area contributed by atoms with Gasteiger partial charge in [-0.05, 0) is 136 Å². The molecule has 25 heteroatoms. The minimum atomic E-state index is -0.504. The second kappa shape index (κ2) is 26.8. The maximum atomic E-state index is 12.6. The fourth-order valence-corrected chi connectivity index (χ4v) is 12.2. The summed E-state index contributed by atoms with van der Waals surface area (Å²) in [6, 6.07) is 12.1. The van der Waals surface area contributed by atoms with Gasteiger partial charge in [0.05, 0.1) is 23.3 Å². The van der Waals surface area contributed by atoms with Crippen LogP contribution in [0.15, 0.2) is 74.0 Å². The number of halogens is 3. The summed E-state index contributed by atoms with van der Waals surface area (Å²) >= 11 is 18.2. The van der Waals surface area contributed by atoms with Crippen molar-refractivity contribution in [2.75, 3.05) is 6.61 Å². The minimum absolute atomic E-state index is 0.0263. The van der Waals surface area contributed by atoms with E-state index in [-0.39, 0.29) is 65.0 Å². The molecular formula is C59H69Cl3N12O10. The smallest absolute Gasteiger partial charge is 0.410 e. The van der Waals surface area contributed by atoms with E-state index in [4.69, 9.17) is 72.7 Å². The molecule has 6 saturated heterocycles. The number of nitrogens with zero attached hydrogens (tertiary/aromatic N) is 11. The Kier molecular flexibility index (Phi) is 19.2. The molecule has 0 aliphatic carbocycles. The predicted octanol–water partition coefficient (Wildman–Crippen LogP) is 12.4. The summed E-state index contributed by atoms with van der Waals surface area (Å²) < 4.78 is 46.8. The molecule has 0 spiro atoms. The summed E-state index contributed by atoms with van der Waals surface area (Å²) in [6.07, 6.45) is 20.1. The van der Waals surface area contributed by atoms with Gasteiger partial charge in [0.1, 0.15) is 42.9 Å². The molecule has 6 aromatic heterocycles. The Balaban J connectivity index is 0.000000141. The fourth-order valence-electron chi connectivity index (χ4n) is 11.7. The van der Waals surface area contributed by atoms with Crippen molar-refractivity contribution in [3.05, 3.63) is 106 Å². The van der Waals surface area contributed by atoms with Crippen molar-refractivity contribution in [2.45, 2.75) is 186 Å². The Hall–Kier alpha value is -7.14. The summed E-state index contributed by atoms with van der Waals surface area (Å²) in [5.74, 6) is 4.00. The topological polar surface area (TPSA) is 242 Å². The van der Waals surface area contributed by atoms with Crippen LogP contribution in [0.1, 0.15) is 121 Å². The summed E-state index contributed by atoms with van der Waals surface area (Å²) in [7, 11) is 0. The third kappa shape index (κ3) is 14.7. The van der Waals surface area contributed by atoms with Gasteiger partial charge in [0.25, 0.3) is 0 Å². The lowest BCUT2D eigenvalue weighted by molar-refractivity contribution is -0.00777. The maximum Gasteiger partial charge on any atom is 0.410 e. The maximum absolute atomic E-state index is 12.6. The number of aromatic nitrogens is 9. The van der Waals surface area contributed by atoms with Crippen molar-refractivity contribution < 1.29 is 47.5 Å². The van der Waals surface area contributed by atoms with Crippen molar-refractivity contribution in [1.29, 1.82) is 0 Å². The second-order valence-corrected chi connectivity index (χ2v) is 23.6. The normalized spacial score (nSPS) is 23.7. The molecule has 6 atom stereocenters. The van der Waals surface area contributed by atoms with Crippen LogP contribution in [0.25, 0.3) is 0 Å². The average Bonchev–Trinajstić information content (AvgIpc) is 4.18. The highest BCUT2D eigenvalue weighted by molar-refractivity contribution is 6.31. The number of hydrogen-bond donors (Lipinski definition) is 1. The third-order valence-electron chi connectivity index (χ3n) is 15.5. The van der Waals surface area contributed by atoms with Crippen LogP contribution in [0.2, 0.25) is 15.5 Å². The molecule has 6 aromatic rings. The van der Waals surface area contributed by atoms with E-state index in [9.17, 15) is 9.59 Å². The van der Waals surface area contributed by atoms with Crippen molar-refractivity contribution in [1.82, 2.24) is 60.0 Å². The molecule has 12 heterocycles. The van der Waals surface area contributed by atoms with E-state index in [0.717, 1.165) is 69.8 Å².